The van der Waals surface area contributed by atoms with Crippen LogP contribution in [0.4, 0.5) is 9.59 Å². The van der Waals surface area contributed by atoms with Gasteiger partial charge in [0, 0.05) is 37.6 Å². The molecule has 0 unspecified atom stereocenters. The number of hydrogen-bond acceptors (Lipinski definition) is 17. The zero-order chi connectivity index (χ0) is 53.6. The van der Waals surface area contributed by atoms with Gasteiger partial charge in [-0.1, -0.05) is 42.5 Å². The van der Waals surface area contributed by atoms with Gasteiger partial charge in [0.15, 0.2) is 19.7 Å². The Hall–Kier alpha value is -5.02. The highest BCUT2D eigenvalue weighted by Gasteiger charge is 2.40. The minimum atomic E-state index is -4.15. The Bertz CT molecular complexity index is 3320. The standard InChI is InChI=1S/C29H38N2O9S3.C19H22N2O5S3/c1-28(2,3)38-26(32)31(40-27(33)39-29(4,5)6)23(22-11-9-10-12-25(22)43(36,37)30(7)8)19-42(34,35)18-20-13-14-24-21(17-20)15-16-41-24;1-21(2)29(25,26)17-6-4-15(5-7-17)18(20-22)13-28(23,24)12-14-3-8-19-16(11-14)9-10-27-19/h9-17,23H,18-19H2,1-8H3;3-11,18,20,22H,12-13H2,1-2H3/t23-;18-/m11/s1. The molecule has 2 aromatic heterocycles. The van der Waals surface area contributed by atoms with Crippen molar-refractivity contribution in [2.75, 3.05) is 39.7 Å². The van der Waals surface area contributed by atoms with Gasteiger partial charge in [0.1, 0.15) is 17.2 Å². The monoisotopic (exact) mass is 1110 g/mol. The number of fused-ring (bicyclic) bond motifs is 2. The van der Waals surface area contributed by atoms with Gasteiger partial charge < -0.3 is 14.7 Å². The molecule has 0 aliphatic heterocycles. The summed E-state index contributed by atoms with van der Waals surface area (Å²) < 4.78 is 119. The fraction of sp³-hybridized carbons (Fsp3) is 0.375. The summed E-state index contributed by atoms with van der Waals surface area (Å²) in [5.41, 5.74) is 1.48. The number of sulfone groups is 2. The van der Waals surface area contributed by atoms with Crippen LogP contribution in [0.5, 0.6) is 0 Å². The number of nitrogens with zero attached hydrogens (tertiary/aromatic N) is 3. The predicted octanol–water partition coefficient (Wildman–Crippen LogP) is 8.70. The van der Waals surface area contributed by atoms with E-state index in [-0.39, 0.29) is 26.9 Å². The van der Waals surface area contributed by atoms with Crippen LogP contribution in [0.3, 0.4) is 0 Å². The number of rotatable bonds is 16. The van der Waals surface area contributed by atoms with Gasteiger partial charge in [-0.15, -0.1) is 27.7 Å². The van der Waals surface area contributed by atoms with Crippen molar-refractivity contribution in [3.8, 4) is 0 Å². The summed E-state index contributed by atoms with van der Waals surface area (Å²) in [5.74, 6) is -1.71. The van der Waals surface area contributed by atoms with Crippen molar-refractivity contribution in [3.05, 3.63) is 130 Å². The minimum Gasteiger partial charge on any atom is -0.442 e. The molecular formula is C48H60N4O14S6. The molecule has 392 valence electrons. The van der Waals surface area contributed by atoms with E-state index in [1.54, 1.807) is 71.1 Å². The highest BCUT2D eigenvalue weighted by Crippen LogP contribution is 2.34. The lowest BCUT2D eigenvalue weighted by Gasteiger charge is -2.33. The smallest absolute Gasteiger partial charge is 0.442 e. The normalized spacial score (nSPS) is 13.6. The maximum atomic E-state index is 13.8. The number of nitrogens with one attached hydrogen (secondary N) is 1. The van der Waals surface area contributed by atoms with Crippen LogP contribution in [0.2, 0.25) is 0 Å². The number of amides is 1. The van der Waals surface area contributed by atoms with Gasteiger partial charge in [-0.05, 0) is 140 Å². The van der Waals surface area contributed by atoms with E-state index >= 15 is 0 Å². The predicted molar refractivity (Wildman–Crippen MR) is 279 cm³/mol. The van der Waals surface area contributed by atoms with Crippen LogP contribution in [0, 0.1) is 0 Å². The molecule has 18 nitrogen and oxygen atoms in total. The molecule has 0 spiro atoms. The summed E-state index contributed by atoms with van der Waals surface area (Å²) in [6.07, 6.45) is -2.52. The molecule has 0 saturated heterocycles. The van der Waals surface area contributed by atoms with Gasteiger partial charge in [0.2, 0.25) is 20.0 Å². The van der Waals surface area contributed by atoms with Gasteiger partial charge in [-0.3, -0.25) is 4.84 Å². The summed E-state index contributed by atoms with van der Waals surface area (Å²) in [6, 6.07) is 23.5. The first-order valence-corrected chi connectivity index (χ1v) is 30.3. The lowest BCUT2D eigenvalue weighted by atomic mass is 10.1. The molecule has 0 bridgehead atoms. The number of benzene rings is 4. The Balaban J connectivity index is 0.000000288. The van der Waals surface area contributed by atoms with E-state index in [1.165, 1.54) is 88.1 Å². The third kappa shape index (κ3) is 15.7. The molecule has 0 radical (unpaired) electrons. The molecule has 0 aliphatic rings. The van der Waals surface area contributed by atoms with Crippen LogP contribution in [-0.2, 0) is 65.5 Å². The first-order chi connectivity index (χ1) is 33.3. The second-order valence-corrected chi connectivity index (χ2v) is 29.3. The minimum absolute atomic E-state index is 0.0925. The highest BCUT2D eigenvalue weighted by atomic mass is 32.2. The molecule has 2 heterocycles. The number of sulfonamides is 2. The Morgan fingerprint density at radius 1 is 0.625 bits per heavy atom. The molecule has 24 heteroatoms. The van der Waals surface area contributed by atoms with Gasteiger partial charge in [0.25, 0.3) is 0 Å². The lowest BCUT2D eigenvalue weighted by Crippen LogP contribution is -2.44. The van der Waals surface area contributed by atoms with Gasteiger partial charge in [-0.25, -0.2) is 51.9 Å². The topological polar surface area (TPSA) is 240 Å². The van der Waals surface area contributed by atoms with Crippen LogP contribution < -0.4 is 5.48 Å². The largest absolute Gasteiger partial charge is 0.534 e. The number of hydroxylamine groups is 3. The van der Waals surface area contributed by atoms with Crippen LogP contribution in [-0.4, -0.2) is 116 Å². The highest BCUT2D eigenvalue weighted by molar-refractivity contribution is 7.91. The molecule has 6 rings (SSSR count). The first-order valence-electron chi connectivity index (χ1n) is 22.0. The fourth-order valence-electron chi connectivity index (χ4n) is 6.98. The van der Waals surface area contributed by atoms with Crippen molar-refractivity contribution in [2.24, 2.45) is 0 Å². The van der Waals surface area contributed by atoms with Crippen molar-refractivity contribution in [1.29, 1.82) is 0 Å². The molecule has 4 aromatic carbocycles. The molecule has 2 N–H and O–H groups in total. The van der Waals surface area contributed by atoms with E-state index in [1.807, 2.05) is 46.6 Å². The summed E-state index contributed by atoms with van der Waals surface area (Å²) in [7, 11) is -9.86. The Kier molecular flexibility index (Phi) is 18.5. The molecule has 6 aromatic rings. The van der Waals surface area contributed by atoms with Crippen LogP contribution in [0.1, 0.15) is 75.9 Å². The molecule has 72 heavy (non-hydrogen) atoms. The molecule has 0 saturated carbocycles. The second kappa shape index (κ2) is 23.0. The molecular weight excluding hydrogens is 1050 g/mol. The number of thiophene rings is 2. The zero-order valence-corrected chi connectivity index (χ0v) is 46.3. The Morgan fingerprint density at radius 2 is 1.11 bits per heavy atom. The van der Waals surface area contributed by atoms with E-state index in [0.717, 1.165) is 28.8 Å². The van der Waals surface area contributed by atoms with Crippen molar-refractivity contribution >= 4 is 94.8 Å². The van der Waals surface area contributed by atoms with Gasteiger partial charge in [-0.2, -0.15) is 5.48 Å². The molecule has 0 aliphatic carbocycles. The second-order valence-electron chi connectivity index (χ2n) is 18.9. The quantitative estimate of drug-likeness (QED) is 0.0680. The van der Waals surface area contributed by atoms with Crippen molar-refractivity contribution < 1.29 is 62.8 Å². The molecule has 1 amide bonds. The van der Waals surface area contributed by atoms with Crippen LogP contribution in [0.25, 0.3) is 20.2 Å². The number of hydrogen-bond donors (Lipinski definition) is 2. The average molecular weight is 1110 g/mol. The number of carbonyl (C=O) groups is 2. The van der Waals surface area contributed by atoms with E-state index in [0.29, 0.717) is 21.8 Å². The lowest BCUT2D eigenvalue weighted by molar-refractivity contribution is -0.153. The van der Waals surface area contributed by atoms with Gasteiger partial charge >= 0.3 is 12.2 Å². The SMILES string of the molecule is CN(C)S(=O)(=O)c1ccc([C@@H](CS(=O)(=O)Cc2ccc3sccc3c2)NO)cc1.CN(C)S(=O)(=O)c1ccccc1[C@@H](CS(=O)(=O)Cc1ccc2sccc2c1)N(OC(=O)OC(C)(C)C)C(=O)OC(C)(C)C. The van der Waals surface area contributed by atoms with Crippen LogP contribution >= 0.6 is 22.7 Å². The van der Waals surface area contributed by atoms with Crippen molar-refractivity contribution in [1.82, 2.24) is 19.2 Å². The fourth-order valence-corrected chi connectivity index (χ4v) is 13.7. The van der Waals surface area contributed by atoms with Crippen molar-refractivity contribution in [2.45, 2.75) is 86.1 Å². The third-order valence-electron chi connectivity index (χ3n) is 10.3. The summed E-state index contributed by atoms with van der Waals surface area (Å²) in [6.45, 7) is 9.47. The Labute approximate surface area is 430 Å². The van der Waals surface area contributed by atoms with E-state index in [2.05, 4.69) is 0 Å². The van der Waals surface area contributed by atoms with Crippen LogP contribution in [0.15, 0.2) is 118 Å². The summed E-state index contributed by atoms with van der Waals surface area (Å²) >= 11 is 3.11. The summed E-state index contributed by atoms with van der Waals surface area (Å²) in [5, 5.41) is 15.7. The zero-order valence-electron chi connectivity index (χ0n) is 41.4. The molecule has 0 fully saturated rings. The van der Waals surface area contributed by atoms with Gasteiger partial charge in [0.05, 0.1) is 38.8 Å². The summed E-state index contributed by atoms with van der Waals surface area (Å²) in [4.78, 5) is 31.6. The first kappa shape index (κ1) is 57.9. The van der Waals surface area contributed by atoms with E-state index < -0.39 is 86.8 Å². The van der Waals surface area contributed by atoms with E-state index in [4.69, 9.17) is 14.3 Å². The maximum absolute atomic E-state index is 13.8. The van der Waals surface area contributed by atoms with Crippen molar-refractivity contribution in [3.63, 3.8) is 0 Å². The Morgan fingerprint density at radius 3 is 1.58 bits per heavy atom. The van der Waals surface area contributed by atoms with E-state index in [9.17, 15) is 48.5 Å². The maximum Gasteiger partial charge on any atom is 0.534 e. The third-order valence-corrected chi connectivity index (χ3v) is 19.0. The number of ether oxygens (including phenoxy) is 2. The number of carbonyl (C=O) groups excluding carboxylic acids is 2. The molecule has 2 atom stereocenters. The average Bonchev–Trinajstić information content (AvgIpc) is 3.95.